The number of rotatable bonds is 6. The highest BCUT2D eigenvalue weighted by Crippen LogP contribution is 2.34. The second-order valence-electron chi connectivity index (χ2n) is 5.41. The van der Waals surface area contributed by atoms with Crippen LogP contribution in [0.5, 0.6) is 5.75 Å². The van der Waals surface area contributed by atoms with Crippen LogP contribution in [0.25, 0.3) is 0 Å². The van der Waals surface area contributed by atoms with E-state index in [-0.39, 0.29) is 23.7 Å². The summed E-state index contributed by atoms with van der Waals surface area (Å²) in [5.74, 6) is -1.35. The number of nitrogens with zero attached hydrogens (tertiary/aromatic N) is 1. The first-order chi connectivity index (χ1) is 11.2. The Labute approximate surface area is 131 Å². The van der Waals surface area contributed by atoms with Crippen LogP contribution in [-0.2, 0) is 11.2 Å². The van der Waals surface area contributed by atoms with Crippen molar-refractivity contribution >= 4 is 6.29 Å². The fraction of sp³-hybridized carbons (Fsp3) is 0.375. The van der Waals surface area contributed by atoms with Crippen molar-refractivity contribution in [1.82, 2.24) is 10.3 Å². The molecular weight excluding hydrogens is 306 g/mol. The third kappa shape index (κ3) is 3.39. The van der Waals surface area contributed by atoms with Crippen molar-refractivity contribution in [1.29, 1.82) is 0 Å². The van der Waals surface area contributed by atoms with Gasteiger partial charge in [0.15, 0.2) is 17.7 Å². The first-order valence-electron chi connectivity index (χ1n) is 7.37. The lowest BCUT2D eigenvalue weighted by molar-refractivity contribution is -0.107. The minimum Gasteiger partial charge on any atom is -0.477 e. The average Bonchev–Trinajstić information content (AvgIpc) is 3.20. The molecule has 0 bridgehead atoms. The van der Waals surface area contributed by atoms with E-state index in [1.165, 1.54) is 12.5 Å². The summed E-state index contributed by atoms with van der Waals surface area (Å²) in [6, 6.07) is 1.84. The van der Waals surface area contributed by atoms with Crippen LogP contribution in [0.4, 0.5) is 8.78 Å². The zero-order valence-corrected chi connectivity index (χ0v) is 12.3. The molecule has 0 saturated carbocycles. The number of halogens is 2. The Morgan fingerprint density at radius 2 is 2.35 bits per heavy atom. The van der Waals surface area contributed by atoms with Gasteiger partial charge >= 0.3 is 0 Å². The first kappa shape index (κ1) is 15.6. The first-order valence-corrected chi connectivity index (χ1v) is 7.37. The highest BCUT2D eigenvalue weighted by atomic mass is 19.1. The lowest BCUT2D eigenvalue weighted by atomic mass is 10.0. The molecular formula is C16H16F2N2O3. The summed E-state index contributed by atoms with van der Waals surface area (Å²) < 4.78 is 38.7. The van der Waals surface area contributed by atoms with E-state index in [2.05, 4.69) is 10.3 Å². The summed E-state index contributed by atoms with van der Waals surface area (Å²) in [6.07, 6.45) is 3.57. The van der Waals surface area contributed by atoms with Crippen LogP contribution in [0, 0.1) is 17.6 Å². The van der Waals surface area contributed by atoms with Crippen LogP contribution < -0.4 is 10.1 Å². The second-order valence-corrected chi connectivity index (χ2v) is 5.41. The summed E-state index contributed by atoms with van der Waals surface area (Å²) >= 11 is 0. The van der Waals surface area contributed by atoms with E-state index in [0.717, 1.165) is 25.1 Å². The summed E-state index contributed by atoms with van der Waals surface area (Å²) in [5, 5.41) is 3.20. The molecule has 2 heterocycles. The number of carbonyl (C=O) groups excluding carboxylic acids is 1. The van der Waals surface area contributed by atoms with E-state index < -0.39 is 17.7 Å². The van der Waals surface area contributed by atoms with Crippen LogP contribution in [0.3, 0.4) is 0 Å². The van der Waals surface area contributed by atoms with E-state index in [9.17, 15) is 13.6 Å². The van der Waals surface area contributed by atoms with Crippen molar-refractivity contribution in [2.45, 2.75) is 18.9 Å². The van der Waals surface area contributed by atoms with Gasteiger partial charge in [0, 0.05) is 30.5 Å². The molecule has 7 heteroatoms. The summed E-state index contributed by atoms with van der Waals surface area (Å²) in [6.45, 7) is 1.50. The van der Waals surface area contributed by atoms with Crippen molar-refractivity contribution in [2.24, 2.45) is 5.92 Å². The molecule has 1 fully saturated rings. The maximum Gasteiger partial charge on any atom is 0.235 e. The smallest absolute Gasteiger partial charge is 0.235 e. The molecule has 0 aliphatic carbocycles. The highest BCUT2D eigenvalue weighted by molar-refractivity contribution is 5.57. The molecule has 0 unspecified atom stereocenters. The van der Waals surface area contributed by atoms with Crippen LogP contribution >= 0.6 is 0 Å². The minimum absolute atomic E-state index is 0.0437. The van der Waals surface area contributed by atoms with E-state index in [1.807, 2.05) is 0 Å². The number of aldehydes is 1. The minimum atomic E-state index is -0.843. The largest absolute Gasteiger partial charge is 0.477 e. The molecule has 1 aliphatic heterocycles. The third-order valence-corrected chi connectivity index (χ3v) is 3.85. The number of hydrogen-bond donors (Lipinski definition) is 1. The molecule has 122 valence electrons. The van der Waals surface area contributed by atoms with E-state index in [1.54, 1.807) is 0 Å². The lowest BCUT2D eigenvalue weighted by Gasteiger charge is -2.23. The van der Waals surface area contributed by atoms with E-state index in [4.69, 9.17) is 9.15 Å². The van der Waals surface area contributed by atoms with E-state index in [0.29, 0.717) is 18.7 Å². The van der Waals surface area contributed by atoms with Gasteiger partial charge in [-0.25, -0.2) is 13.8 Å². The van der Waals surface area contributed by atoms with Gasteiger partial charge in [-0.05, 0) is 19.0 Å². The number of carbonyl (C=O) groups is 1. The van der Waals surface area contributed by atoms with Gasteiger partial charge in [0.05, 0.1) is 6.20 Å². The Kier molecular flexibility index (Phi) is 4.66. The number of nitrogens with one attached hydrogen (secondary N) is 1. The number of hydrogen-bond acceptors (Lipinski definition) is 5. The molecule has 1 N–H and O–H groups in total. The molecule has 1 aliphatic rings. The topological polar surface area (TPSA) is 64.4 Å². The summed E-state index contributed by atoms with van der Waals surface area (Å²) in [5.41, 5.74) is 0.167. The Morgan fingerprint density at radius 1 is 1.48 bits per heavy atom. The predicted molar refractivity (Wildman–Crippen MR) is 77.0 cm³/mol. The monoisotopic (exact) mass is 322 g/mol. The number of benzene rings is 1. The molecule has 1 aromatic carbocycles. The molecule has 0 radical (unpaired) electrons. The fourth-order valence-electron chi connectivity index (χ4n) is 2.77. The van der Waals surface area contributed by atoms with Gasteiger partial charge in [-0.15, -0.1) is 0 Å². The molecule has 2 atom stereocenters. The van der Waals surface area contributed by atoms with Gasteiger partial charge in [-0.2, -0.15) is 0 Å². The maximum absolute atomic E-state index is 14.2. The van der Waals surface area contributed by atoms with Crippen molar-refractivity contribution < 1.29 is 22.7 Å². The molecule has 23 heavy (non-hydrogen) atoms. The predicted octanol–water partition coefficient (Wildman–Crippen LogP) is 2.42. The second kappa shape index (κ2) is 6.87. The van der Waals surface area contributed by atoms with Gasteiger partial charge in [0.2, 0.25) is 5.89 Å². The normalized spacial score (nSPS) is 18.8. The van der Waals surface area contributed by atoms with Crippen molar-refractivity contribution in [2.75, 3.05) is 13.1 Å². The number of ether oxygens (including phenoxy) is 1. The van der Waals surface area contributed by atoms with Crippen molar-refractivity contribution in [3.05, 3.63) is 47.7 Å². The van der Waals surface area contributed by atoms with Crippen LogP contribution in [0.1, 0.15) is 24.0 Å². The summed E-state index contributed by atoms with van der Waals surface area (Å²) in [4.78, 5) is 14.9. The van der Waals surface area contributed by atoms with Crippen LogP contribution in [0.15, 0.2) is 29.0 Å². The quantitative estimate of drug-likeness (QED) is 0.828. The molecule has 5 nitrogen and oxygen atoms in total. The van der Waals surface area contributed by atoms with Gasteiger partial charge in [0.1, 0.15) is 18.4 Å². The number of aromatic nitrogens is 1. The van der Waals surface area contributed by atoms with Crippen molar-refractivity contribution in [3.63, 3.8) is 0 Å². The highest BCUT2D eigenvalue weighted by Gasteiger charge is 2.32. The van der Waals surface area contributed by atoms with Crippen molar-refractivity contribution in [3.8, 4) is 5.75 Å². The standard InChI is InChI=1S/C16H16F2N2O3/c17-12-7-10(2-5-21)14(13(18)8-12)23-15(11-1-3-19-9-11)16-20-4-6-22-16/h4-8,11,15,19H,1-3,9H2/t11-,15+/m0/s1. The average molecular weight is 322 g/mol. The SMILES string of the molecule is O=CCc1cc(F)cc(F)c1O[C@@H](c1ncco1)[C@H]1CCNC1. The Morgan fingerprint density at radius 3 is 3.00 bits per heavy atom. The Balaban J connectivity index is 1.95. The third-order valence-electron chi connectivity index (χ3n) is 3.85. The van der Waals surface area contributed by atoms with Crippen LogP contribution in [-0.4, -0.2) is 24.4 Å². The van der Waals surface area contributed by atoms with Gasteiger partial charge in [-0.1, -0.05) is 0 Å². The maximum atomic E-state index is 14.2. The molecule has 0 spiro atoms. The molecule has 2 aromatic rings. The van der Waals surface area contributed by atoms with Gasteiger partial charge in [0.25, 0.3) is 0 Å². The fourth-order valence-corrected chi connectivity index (χ4v) is 2.77. The zero-order valence-electron chi connectivity index (χ0n) is 12.3. The molecule has 1 saturated heterocycles. The molecule has 3 rings (SSSR count). The van der Waals surface area contributed by atoms with E-state index >= 15 is 0 Å². The van der Waals surface area contributed by atoms with Gasteiger partial charge in [-0.3, -0.25) is 0 Å². The Hall–Kier alpha value is -2.28. The Bertz CT molecular complexity index is 670. The molecule has 0 amide bonds. The number of oxazole rings is 1. The molecule has 1 aromatic heterocycles. The lowest BCUT2D eigenvalue weighted by Crippen LogP contribution is -2.22. The zero-order chi connectivity index (χ0) is 16.2. The van der Waals surface area contributed by atoms with Crippen LogP contribution in [0.2, 0.25) is 0 Å². The summed E-state index contributed by atoms with van der Waals surface area (Å²) in [7, 11) is 0. The van der Waals surface area contributed by atoms with Gasteiger partial charge < -0.3 is 19.3 Å².